The average Bonchev–Trinajstić information content (AvgIpc) is 2.71. The number of amidine groups is 1. The minimum Gasteiger partial charge on any atom is -0.384 e. The Morgan fingerprint density at radius 2 is 2.07 bits per heavy atom. The molecule has 0 fully saturated rings. The molecule has 0 aliphatic heterocycles. The van der Waals surface area contributed by atoms with Gasteiger partial charge in [-0.05, 0) is 12.1 Å². The summed E-state index contributed by atoms with van der Waals surface area (Å²) in [7, 11) is 0. The van der Waals surface area contributed by atoms with Crippen LogP contribution < -0.4 is 5.73 Å². The summed E-state index contributed by atoms with van der Waals surface area (Å²) in [4.78, 5) is 5.02. The number of hydrogen-bond acceptors (Lipinski definition) is 4. The van der Waals surface area contributed by atoms with Gasteiger partial charge in [-0.1, -0.05) is 23.9 Å². The van der Waals surface area contributed by atoms with E-state index >= 15 is 0 Å². The second kappa shape index (κ2) is 4.14. The number of aromatic nitrogens is 3. The number of hydrogen-bond donors (Lipinski definition) is 3. The first kappa shape index (κ1) is 9.72. The van der Waals surface area contributed by atoms with Gasteiger partial charge in [-0.3, -0.25) is 10.5 Å². The molecule has 0 aliphatic carbocycles. The molecule has 15 heavy (non-hydrogen) atoms. The molecule has 1 aromatic carbocycles. The van der Waals surface area contributed by atoms with E-state index in [0.717, 1.165) is 15.6 Å². The lowest BCUT2D eigenvalue weighted by Gasteiger charge is -2.00. The smallest absolute Gasteiger partial charge is 0.188 e. The first-order chi connectivity index (χ1) is 7.25. The Balaban J connectivity index is 2.14. The molecule has 2 aromatic rings. The Morgan fingerprint density at radius 3 is 2.60 bits per heavy atom. The van der Waals surface area contributed by atoms with Crippen LogP contribution in [0.3, 0.4) is 0 Å². The fourth-order valence-electron chi connectivity index (χ4n) is 1.06. The molecule has 1 heterocycles. The molecule has 1 aromatic heterocycles. The van der Waals surface area contributed by atoms with Gasteiger partial charge in [-0.15, -0.1) is 0 Å². The van der Waals surface area contributed by atoms with Crippen molar-refractivity contribution in [2.24, 2.45) is 5.73 Å². The van der Waals surface area contributed by atoms with Crippen LogP contribution in [0, 0.1) is 5.41 Å². The number of H-pyrrole nitrogens is 1. The summed E-state index contributed by atoms with van der Waals surface area (Å²) in [6, 6.07) is 7.40. The molecule has 0 radical (unpaired) electrons. The third-order valence-electron chi connectivity index (χ3n) is 1.77. The van der Waals surface area contributed by atoms with E-state index in [0.29, 0.717) is 0 Å². The lowest BCUT2D eigenvalue weighted by Crippen LogP contribution is -2.10. The van der Waals surface area contributed by atoms with Gasteiger partial charge in [0.05, 0.1) is 0 Å². The highest BCUT2D eigenvalue weighted by atomic mass is 32.2. The highest BCUT2D eigenvalue weighted by Gasteiger charge is 2.00. The lowest BCUT2D eigenvalue weighted by molar-refractivity contribution is 0.973. The van der Waals surface area contributed by atoms with Crippen LogP contribution in [0.25, 0.3) is 0 Å². The van der Waals surface area contributed by atoms with Crippen LogP contribution in [0.2, 0.25) is 0 Å². The van der Waals surface area contributed by atoms with Gasteiger partial charge in [0.25, 0.3) is 0 Å². The number of aromatic amines is 1. The summed E-state index contributed by atoms with van der Waals surface area (Å²) in [5, 5.41) is 14.5. The van der Waals surface area contributed by atoms with Gasteiger partial charge in [0.2, 0.25) is 0 Å². The normalized spacial score (nSPS) is 10.1. The van der Waals surface area contributed by atoms with Crippen molar-refractivity contribution >= 4 is 17.6 Å². The molecule has 0 saturated heterocycles. The van der Waals surface area contributed by atoms with Crippen LogP contribution in [-0.4, -0.2) is 21.0 Å². The van der Waals surface area contributed by atoms with Crippen LogP contribution >= 0.6 is 11.8 Å². The van der Waals surface area contributed by atoms with Gasteiger partial charge in [0.1, 0.15) is 12.2 Å². The summed E-state index contributed by atoms with van der Waals surface area (Å²) in [6.45, 7) is 0. The molecule has 6 heteroatoms. The molecular formula is C9H9N5S. The number of benzene rings is 1. The number of rotatable bonds is 3. The number of nitrogens with zero attached hydrogens (tertiary/aromatic N) is 2. The largest absolute Gasteiger partial charge is 0.384 e. The molecular weight excluding hydrogens is 210 g/mol. The first-order valence-electron chi connectivity index (χ1n) is 4.23. The van der Waals surface area contributed by atoms with E-state index in [9.17, 15) is 0 Å². The SMILES string of the molecule is N=C(N)c1ccc(Sc2ncn[nH]2)cc1. The van der Waals surface area contributed by atoms with E-state index in [-0.39, 0.29) is 5.84 Å². The fraction of sp³-hybridized carbons (Fsp3) is 0. The monoisotopic (exact) mass is 219 g/mol. The molecule has 4 N–H and O–H groups in total. The molecule has 0 spiro atoms. The Morgan fingerprint density at radius 1 is 1.33 bits per heavy atom. The Kier molecular flexibility index (Phi) is 2.68. The van der Waals surface area contributed by atoms with Crippen LogP contribution in [0.5, 0.6) is 0 Å². The van der Waals surface area contributed by atoms with Crippen LogP contribution in [0.1, 0.15) is 5.56 Å². The van der Waals surface area contributed by atoms with Crippen molar-refractivity contribution in [3.05, 3.63) is 36.2 Å². The van der Waals surface area contributed by atoms with Crippen LogP contribution in [0.4, 0.5) is 0 Å². The van der Waals surface area contributed by atoms with Crippen molar-refractivity contribution in [3.63, 3.8) is 0 Å². The summed E-state index contributed by atoms with van der Waals surface area (Å²) < 4.78 is 0. The topological polar surface area (TPSA) is 91.4 Å². The molecule has 0 aliphatic rings. The zero-order valence-electron chi connectivity index (χ0n) is 7.77. The molecule has 0 bridgehead atoms. The van der Waals surface area contributed by atoms with Crippen molar-refractivity contribution in [1.29, 1.82) is 5.41 Å². The minimum atomic E-state index is 0.0752. The van der Waals surface area contributed by atoms with Crippen molar-refractivity contribution in [2.75, 3.05) is 0 Å². The molecule has 0 amide bonds. The molecule has 0 unspecified atom stereocenters. The van der Waals surface area contributed by atoms with E-state index < -0.39 is 0 Å². The van der Waals surface area contributed by atoms with E-state index in [1.807, 2.05) is 12.1 Å². The lowest BCUT2D eigenvalue weighted by atomic mass is 10.2. The predicted molar refractivity (Wildman–Crippen MR) is 58.0 cm³/mol. The molecule has 2 rings (SSSR count). The second-order valence-electron chi connectivity index (χ2n) is 2.83. The average molecular weight is 219 g/mol. The van der Waals surface area contributed by atoms with Crippen molar-refractivity contribution in [1.82, 2.24) is 15.2 Å². The Bertz CT molecular complexity index is 448. The van der Waals surface area contributed by atoms with E-state index in [4.69, 9.17) is 11.1 Å². The Labute approximate surface area is 90.6 Å². The minimum absolute atomic E-state index is 0.0752. The maximum absolute atomic E-state index is 7.24. The molecule has 0 atom stereocenters. The van der Waals surface area contributed by atoms with E-state index in [1.165, 1.54) is 18.1 Å². The second-order valence-corrected chi connectivity index (χ2v) is 3.89. The number of nitrogen functional groups attached to an aromatic ring is 1. The van der Waals surface area contributed by atoms with Gasteiger partial charge >= 0.3 is 0 Å². The van der Waals surface area contributed by atoms with Gasteiger partial charge < -0.3 is 5.73 Å². The zero-order chi connectivity index (χ0) is 10.7. The van der Waals surface area contributed by atoms with Crippen molar-refractivity contribution < 1.29 is 0 Å². The number of nitrogens with two attached hydrogens (primary N) is 1. The highest BCUT2D eigenvalue weighted by Crippen LogP contribution is 2.23. The fourth-order valence-corrected chi connectivity index (χ4v) is 1.75. The molecule has 76 valence electrons. The molecule has 5 nitrogen and oxygen atoms in total. The van der Waals surface area contributed by atoms with Gasteiger partial charge in [0.15, 0.2) is 5.16 Å². The highest BCUT2D eigenvalue weighted by molar-refractivity contribution is 7.99. The Hall–Kier alpha value is -1.82. The predicted octanol–water partition coefficient (Wildman–Crippen LogP) is 1.24. The van der Waals surface area contributed by atoms with Gasteiger partial charge in [-0.2, -0.15) is 5.10 Å². The quantitative estimate of drug-likeness (QED) is 0.535. The standard InChI is InChI=1S/C9H9N5S/c10-8(11)6-1-3-7(4-2-6)15-9-12-5-13-14-9/h1-5H,(H3,10,11)(H,12,13,14). The van der Waals surface area contributed by atoms with E-state index in [1.54, 1.807) is 12.1 Å². The summed E-state index contributed by atoms with van der Waals surface area (Å²) in [6.07, 6.45) is 1.46. The summed E-state index contributed by atoms with van der Waals surface area (Å²) in [5.41, 5.74) is 6.07. The van der Waals surface area contributed by atoms with Crippen LogP contribution in [0.15, 0.2) is 40.6 Å². The maximum Gasteiger partial charge on any atom is 0.188 e. The van der Waals surface area contributed by atoms with Crippen LogP contribution in [-0.2, 0) is 0 Å². The maximum atomic E-state index is 7.24. The summed E-state index contributed by atoms with van der Waals surface area (Å²) >= 11 is 1.47. The summed E-state index contributed by atoms with van der Waals surface area (Å²) in [5.74, 6) is 0.0752. The zero-order valence-corrected chi connectivity index (χ0v) is 8.58. The van der Waals surface area contributed by atoms with E-state index in [2.05, 4.69) is 15.2 Å². The first-order valence-corrected chi connectivity index (χ1v) is 5.05. The van der Waals surface area contributed by atoms with Crippen molar-refractivity contribution in [2.45, 2.75) is 10.1 Å². The third-order valence-corrected chi connectivity index (χ3v) is 2.67. The molecule has 0 saturated carbocycles. The van der Waals surface area contributed by atoms with Gasteiger partial charge in [-0.25, -0.2) is 4.98 Å². The number of nitrogens with one attached hydrogen (secondary N) is 2. The van der Waals surface area contributed by atoms with Crippen molar-refractivity contribution in [3.8, 4) is 0 Å². The van der Waals surface area contributed by atoms with Gasteiger partial charge in [0, 0.05) is 10.5 Å². The third kappa shape index (κ3) is 2.35.